The molecule has 0 radical (unpaired) electrons. The van der Waals surface area contributed by atoms with Gasteiger partial charge in [-0.05, 0) is 61.6 Å². The van der Waals surface area contributed by atoms with Crippen molar-refractivity contribution in [3.05, 3.63) is 54.1 Å². The molecular formula is C26H32N2O4. The largest absolute Gasteiger partial charge is 0.495 e. The molecule has 2 fully saturated rings. The van der Waals surface area contributed by atoms with E-state index in [9.17, 15) is 4.79 Å². The molecule has 1 aliphatic carbocycles. The van der Waals surface area contributed by atoms with E-state index >= 15 is 0 Å². The number of hydrogen-bond acceptors (Lipinski definition) is 5. The Hall–Kier alpha value is -3.15. The number of hydrogen-bond donors (Lipinski definition) is 0. The molecule has 0 N–H and O–H groups in total. The van der Waals surface area contributed by atoms with Crippen LogP contribution in [-0.2, 0) is 4.79 Å². The molecule has 6 nitrogen and oxygen atoms in total. The average Bonchev–Trinajstić information content (AvgIpc) is 3.36. The van der Waals surface area contributed by atoms with Gasteiger partial charge >= 0.3 is 0 Å². The second-order valence-electron chi connectivity index (χ2n) is 8.25. The maximum atomic E-state index is 12.8. The molecule has 170 valence electrons. The number of methoxy groups -OCH3 is 2. The molecule has 32 heavy (non-hydrogen) atoms. The van der Waals surface area contributed by atoms with Crippen molar-refractivity contribution in [2.24, 2.45) is 0 Å². The molecule has 1 heterocycles. The summed E-state index contributed by atoms with van der Waals surface area (Å²) in [7, 11) is 3.34. The Kier molecular flexibility index (Phi) is 7.20. The van der Waals surface area contributed by atoms with Gasteiger partial charge in [-0.1, -0.05) is 18.2 Å². The summed E-state index contributed by atoms with van der Waals surface area (Å²) in [6.07, 6.45) is 8.36. The first-order valence-electron chi connectivity index (χ1n) is 11.4. The fourth-order valence-electron chi connectivity index (χ4n) is 4.41. The number of benzene rings is 2. The lowest BCUT2D eigenvalue weighted by molar-refractivity contribution is -0.126. The number of rotatable bonds is 7. The van der Waals surface area contributed by atoms with Crippen LogP contribution in [0.1, 0.15) is 31.2 Å². The van der Waals surface area contributed by atoms with Gasteiger partial charge in [-0.15, -0.1) is 0 Å². The first-order chi connectivity index (χ1) is 15.7. The average molecular weight is 437 g/mol. The summed E-state index contributed by atoms with van der Waals surface area (Å²) in [4.78, 5) is 16.9. The van der Waals surface area contributed by atoms with Crippen molar-refractivity contribution in [1.82, 2.24) is 4.90 Å². The van der Waals surface area contributed by atoms with Crippen LogP contribution in [0.5, 0.6) is 17.2 Å². The Balaban J connectivity index is 1.36. The molecule has 0 aromatic heterocycles. The molecule has 4 rings (SSSR count). The fourth-order valence-corrected chi connectivity index (χ4v) is 4.41. The summed E-state index contributed by atoms with van der Waals surface area (Å²) >= 11 is 0. The van der Waals surface area contributed by atoms with Crippen LogP contribution in [0.25, 0.3) is 6.08 Å². The van der Waals surface area contributed by atoms with Crippen molar-refractivity contribution >= 4 is 17.7 Å². The van der Waals surface area contributed by atoms with Crippen LogP contribution in [0, 0.1) is 0 Å². The maximum absolute atomic E-state index is 12.8. The van der Waals surface area contributed by atoms with Crippen molar-refractivity contribution in [2.75, 3.05) is 45.3 Å². The molecule has 2 aromatic carbocycles. The normalized spacial score (nSPS) is 17.1. The van der Waals surface area contributed by atoms with E-state index in [0.29, 0.717) is 13.1 Å². The first-order valence-corrected chi connectivity index (χ1v) is 11.4. The van der Waals surface area contributed by atoms with Crippen LogP contribution in [0.15, 0.2) is 48.5 Å². The zero-order chi connectivity index (χ0) is 22.3. The molecule has 0 spiro atoms. The lowest BCUT2D eigenvalue weighted by Crippen LogP contribution is -2.48. The molecule has 1 saturated carbocycles. The lowest BCUT2D eigenvalue weighted by atomic mass is 10.1. The molecule has 1 amide bonds. The monoisotopic (exact) mass is 436 g/mol. The molecule has 2 aromatic rings. The smallest absolute Gasteiger partial charge is 0.246 e. The highest BCUT2D eigenvalue weighted by atomic mass is 16.5. The second-order valence-corrected chi connectivity index (χ2v) is 8.25. The fraction of sp³-hybridized carbons (Fsp3) is 0.423. The Morgan fingerprint density at radius 2 is 1.62 bits per heavy atom. The lowest BCUT2D eigenvalue weighted by Gasteiger charge is -2.36. The Bertz CT molecular complexity index is 945. The van der Waals surface area contributed by atoms with Crippen molar-refractivity contribution in [3.8, 4) is 17.2 Å². The maximum Gasteiger partial charge on any atom is 0.246 e. The third kappa shape index (κ3) is 5.18. The van der Waals surface area contributed by atoms with Gasteiger partial charge in [0.1, 0.15) is 5.75 Å². The van der Waals surface area contributed by atoms with Crippen LogP contribution in [-0.4, -0.2) is 57.3 Å². The van der Waals surface area contributed by atoms with Gasteiger partial charge in [0.15, 0.2) is 11.5 Å². The van der Waals surface area contributed by atoms with E-state index in [1.54, 1.807) is 20.3 Å². The summed E-state index contributed by atoms with van der Waals surface area (Å²) in [5.74, 6) is 2.37. The van der Waals surface area contributed by atoms with Crippen molar-refractivity contribution in [2.45, 2.75) is 31.8 Å². The minimum atomic E-state index is 0.0266. The van der Waals surface area contributed by atoms with Crippen LogP contribution in [0.2, 0.25) is 0 Å². The highest BCUT2D eigenvalue weighted by molar-refractivity contribution is 5.92. The number of anilines is 1. The number of ether oxygens (including phenoxy) is 3. The molecule has 0 atom stereocenters. The quantitative estimate of drug-likeness (QED) is 0.603. The van der Waals surface area contributed by atoms with E-state index in [4.69, 9.17) is 14.2 Å². The van der Waals surface area contributed by atoms with Crippen LogP contribution in [0.4, 0.5) is 5.69 Å². The van der Waals surface area contributed by atoms with Crippen molar-refractivity contribution in [3.63, 3.8) is 0 Å². The first kappa shape index (κ1) is 22.1. The Morgan fingerprint density at radius 3 is 2.34 bits per heavy atom. The zero-order valence-electron chi connectivity index (χ0n) is 19.0. The van der Waals surface area contributed by atoms with E-state index in [-0.39, 0.29) is 12.0 Å². The molecular weight excluding hydrogens is 404 g/mol. The molecule has 6 heteroatoms. The van der Waals surface area contributed by atoms with Crippen LogP contribution < -0.4 is 19.1 Å². The number of nitrogens with zero attached hydrogens (tertiary/aromatic N) is 2. The van der Waals surface area contributed by atoms with Crippen LogP contribution in [0.3, 0.4) is 0 Å². The topological polar surface area (TPSA) is 51.2 Å². The van der Waals surface area contributed by atoms with E-state index in [1.807, 2.05) is 47.4 Å². The van der Waals surface area contributed by atoms with E-state index in [0.717, 1.165) is 54.4 Å². The predicted molar refractivity (Wildman–Crippen MR) is 127 cm³/mol. The molecule has 1 saturated heterocycles. The minimum absolute atomic E-state index is 0.0266. The Morgan fingerprint density at radius 1 is 0.906 bits per heavy atom. The van der Waals surface area contributed by atoms with Crippen molar-refractivity contribution in [1.29, 1.82) is 0 Å². The van der Waals surface area contributed by atoms with Gasteiger partial charge in [0, 0.05) is 32.3 Å². The zero-order valence-corrected chi connectivity index (χ0v) is 19.0. The summed E-state index contributed by atoms with van der Waals surface area (Å²) in [6.45, 7) is 2.92. The molecule has 0 unspecified atom stereocenters. The van der Waals surface area contributed by atoms with Gasteiger partial charge in [0.05, 0.1) is 26.0 Å². The molecule has 2 aliphatic rings. The van der Waals surface area contributed by atoms with E-state index in [1.165, 1.54) is 12.8 Å². The third-order valence-corrected chi connectivity index (χ3v) is 6.22. The summed E-state index contributed by atoms with van der Waals surface area (Å²) in [6, 6.07) is 13.8. The SMILES string of the molecule is COc1ccc(C=CC(=O)N2CCN(c3ccccc3OC)CC2)cc1OC1CCCC1. The van der Waals surface area contributed by atoms with Gasteiger partial charge in [-0.3, -0.25) is 4.79 Å². The summed E-state index contributed by atoms with van der Waals surface area (Å²) in [5, 5.41) is 0. The highest BCUT2D eigenvalue weighted by Crippen LogP contribution is 2.33. The number of carbonyl (C=O) groups excluding carboxylic acids is 1. The second kappa shape index (κ2) is 10.4. The van der Waals surface area contributed by atoms with Gasteiger partial charge < -0.3 is 24.0 Å². The number of carbonyl (C=O) groups is 1. The highest BCUT2D eigenvalue weighted by Gasteiger charge is 2.22. The third-order valence-electron chi connectivity index (χ3n) is 6.22. The van der Waals surface area contributed by atoms with Crippen LogP contribution >= 0.6 is 0 Å². The number of amides is 1. The Labute approximate surface area is 190 Å². The molecule has 0 bridgehead atoms. The van der Waals surface area contributed by atoms with Gasteiger partial charge in [-0.2, -0.15) is 0 Å². The van der Waals surface area contributed by atoms with Gasteiger partial charge in [-0.25, -0.2) is 0 Å². The molecule has 1 aliphatic heterocycles. The van der Waals surface area contributed by atoms with E-state index in [2.05, 4.69) is 11.0 Å². The predicted octanol–water partition coefficient (Wildman–Crippen LogP) is 4.39. The number of piperazine rings is 1. The van der Waals surface area contributed by atoms with Crippen molar-refractivity contribution < 1.29 is 19.0 Å². The van der Waals surface area contributed by atoms with E-state index < -0.39 is 0 Å². The van der Waals surface area contributed by atoms with Gasteiger partial charge in [0.25, 0.3) is 0 Å². The number of para-hydroxylation sites is 2. The standard InChI is InChI=1S/C26H32N2O4/c1-30-23-10-6-5-9-22(23)27-15-17-28(18-16-27)26(29)14-12-20-11-13-24(31-2)25(19-20)32-21-7-3-4-8-21/h5-6,9-14,19,21H,3-4,7-8,15-18H2,1-2H3. The summed E-state index contributed by atoms with van der Waals surface area (Å²) in [5.41, 5.74) is 2.01. The minimum Gasteiger partial charge on any atom is -0.495 e. The summed E-state index contributed by atoms with van der Waals surface area (Å²) < 4.78 is 17.1. The van der Waals surface area contributed by atoms with Gasteiger partial charge in [0.2, 0.25) is 5.91 Å².